The van der Waals surface area contributed by atoms with Crippen molar-refractivity contribution in [2.75, 3.05) is 5.32 Å². The molecule has 0 saturated heterocycles. The van der Waals surface area contributed by atoms with E-state index in [2.05, 4.69) is 20.6 Å². The minimum absolute atomic E-state index is 0.409. The first-order valence-corrected chi connectivity index (χ1v) is 7.97. The minimum Gasteiger partial charge on any atom is -0.480 e. The standard InChI is InChI=1S/C15H20N4O3S/c1-7-9(3)23-13-10(7)11(16-6-17-13)18-8(2)12(20)19-15(4,5)14(21)22/h6,8H,1-5H3,(H,19,20)(H,21,22)(H,16,17,18). The van der Waals surface area contributed by atoms with E-state index in [1.807, 2.05) is 13.8 Å². The predicted molar refractivity (Wildman–Crippen MR) is 89.8 cm³/mol. The topological polar surface area (TPSA) is 104 Å². The van der Waals surface area contributed by atoms with Crippen LogP contribution < -0.4 is 10.6 Å². The number of fused-ring (bicyclic) bond motifs is 1. The number of aryl methyl sites for hydroxylation is 2. The number of hydrogen-bond acceptors (Lipinski definition) is 6. The number of amides is 1. The highest BCUT2D eigenvalue weighted by Crippen LogP contribution is 2.32. The van der Waals surface area contributed by atoms with Gasteiger partial charge in [-0.2, -0.15) is 0 Å². The number of anilines is 1. The number of carbonyl (C=O) groups excluding carboxylic acids is 1. The van der Waals surface area contributed by atoms with Gasteiger partial charge >= 0.3 is 5.97 Å². The van der Waals surface area contributed by atoms with Gasteiger partial charge in [0.15, 0.2) is 0 Å². The maximum absolute atomic E-state index is 12.2. The zero-order valence-corrected chi connectivity index (χ0v) is 14.5. The van der Waals surface area contributed by atoms with Crippen molar-refractivity contribution in [1.29, 1.82) is 0 Å². The number of thiophene rings is 1. The van der Waals surface area contributed by atoms with E-state index in [4.69, 9.17) is 5.11 Å². The van der Waals surface area contributed by atoms with Gasteiger partial charge in [-0.1, -0.05) is 0 Å². The van der Waals surface area contributed by atoms with Gasteiger partial charge in [-0.3, -0.25) is 4.79 Å². The molecule has 124 valence electrons. The highest BCUT2D eigenvalue weighted by Gasteiger charge is 2.30. The maximum atomic E-state index is 12.2. The van der Waals surface area contributed by atoms with Crippen LogP contribution in [-0.4, -0.2) is 38.5 Å². The number of nitrogens with one attached hydrogen (secondary N) is 2. The first kappa shape index (κ1) is 17.1. The third kappa shape index (κ3) is 3.42. The number of carbonyl (C=O) groups is 2. The van der Waals surface area contributed by atoms with Crippen molar-refractivity contribution in [3.63, 3.8) is 0 Å². The van der Waals surface area contributed by atoms with Crippen molar-refractivity contribution >= 4 is 39.2 Å². The van der Waals surface area contributed by atoms with Gasteiger partial charge in [-0.15, -0.1) is 11.3 Å². The van der Waals surface area contributed by atoms with Gasteiger partial charge in [0.05, 0.1) is 5.39 Å². The van der Waals surface area contributed by atoms with Crippen molar-refractivity contribution in [3.05, 3.63) is 16.8 Å². The fourth-order valence-corrected chi connectivity index (χ4v) is 3.03. The van der Waals surface area contributed by atoms with Crippen molar-refractivity contribution in [2.45, 2.75) is 46.2 Å². The summed E-state index contributed by atoms with van der Waals surface area (Å²) in [6, 6.07) is -0.633. The maximum Gasteiger partial charge on any atom is 0.328 e. The van der Waals surface area contributed by atoms with E-state index in [-0.39, 0.29) is 0 Å². The van der Waals surface area contributed by atoms with Crippen molar-refractivity contribution in [3.8, 4) is 0 Å². The molecular weight excluding hydrogens is 316 g/mol. The molecule has 23 heavy (non-hydrogen) atoms. The molecular formula is C15H20N4O3S. The molecule has 0 aliphatic heterocycles. The number of carboxylic acid groups (broad SMARTS) is 1. The van der Waals surface area contributed by atoms with Crippen LogP contribution in [0.25, 0.3) is 10.2 Å². The quantitative estimate of drug-likeness (QED) is 0.772. The molecule has 3 N–H and O–H groups in total. The zero-order chi connectivity index (χ0) is 17.4. The number of hydrogen-bond donors (Lipinski definition) is 3. The summed E-state index contributed by atoms with van der Waals surface area (Å²) in [4.78, 5) is 33.8. The third-order valence-electron chi connectivity index (χ3n) is 3.68. The number of aromatic nitrogens is 2. The fraction of sp³-hybridized carbons (Fsp3) is 0.467. The predicted octanol–water partition coefficient (Wildman–Crippen LogP) is 2.09. The van der Waals surface area contributed by atoms with Crippen LogP contribution in [-0.2, 0) is 9.59 Å². The first-order valence-electron chi connectivity index (χ1n) is 7.16. The molecule has 0 aliphatic carbocycles. The summed E-state index contributed by atoms with van der Waals surface area (Å²) in [6.45, 7) is 8.54. The van der Waals surface area contributed by atoms with Gasteiger partial charge in [0.2, 0.25) is 5.91 Å². The van der Waals surface area contributed by atoms with Gasteiger partial charge in [0, 0.05) is 4.88 Å². The summed E-state index contributed by atoms with van der Waals surface area (Å²) in [5, 5.41) is 15.5. The first-order chi connectivity index (χ1) is 10.6. The second-order valence-electron chi connectivity index (χ2n) is 5.97. The SMILES string of the molecule is Cc1sc2ncnc(NC(C)C(=O)NC(C)(C)C(=O)O)c2c1C. The number of aliphatic carboxylic acids is 1. The molecule has 1 atom stereocenters. The molecule has 2 rings (SSSR count). The minimum atomic E-state index is -1.33. The Bertz CT molecular complexity index is 769. The van der Waals surface area contributed by atoms with Gasteiger partial charge in [0.1, 0.15) is 28.6 Å². The summed E-state index contributed by atoms with van der Waals surface area (Å²) < 4.78 is 0. The van der Waals surface area contributed by atoms with Crippen LogP contribution >= 0.6 is 11.3 Å². The Labute approximate surface area is 138 Å². The lowest BCUT2D eigenvalue weighted by molar-refractivity contribution is -0.146. The Morgan fingerprint density at radius 2 is 1.96 bits per heavy atom. The molecule has 0 bridgehead atoms. The molecule has 2 aromatic heterocycles. The third-order valence-corrected chi connectivity index (χ3v) is 4.80. The molecule has 0 aliphatic rings. The van der Waals surface area contributed by atoms with E-state index in [0.717, 1.165) is 20.7 Å². The van der Waals surface area contributed by atoms with Crippen LogP contribution in [0.1, 0.15) is 31.2 Å². The smallest absolute Gasteiger partial charge is 0.328 e. The van der Waals surface area contributed by atoms with E-state index in [0.29, 0.717) is 5.82 Å². The highest BCUT2D eigenvalue weighted by atomic mass is 32.1. The van der Waals surface area contributed by atoms with E-state index >= 15 is 0 Å². The van der Waals surface area contributed by atoms with Crippen LogP contribution in [0.3, 0.4) is 0 Å². The molecule has 8 heteroatoms. The number of carboxylic acids is 1. The van der Waals surface area contributed by atoms with Crippen molar-refractivity contribution in [2.24, 2.45) is 0 Å². The largest absolute Gasteiger partial charge is 0.480 e. The van der Waals surface area contributed by atoms with Gasteiger partial charge < -0.3 is 15.7 Å². The monoisotopic (exact) mass is 336 g/mol. The van der Waals surface area contributed by atoms with Crippen LogP contribution in [0.5, 0.6) is 0 Å². The molecule has 0 spiro atoms. The van der Waals surface area contributed by atoms with Gasteiger partial charge in [-0.25, -0.2) is 14.8 Å². The Balaban J connectivity index is 2.22. The molecule has 0 radical (unpaired) electrons. The Kier molecular flexibility index (Phi) is 4.56. The molecule has 7 nitrogen and oxygen atoms in total. The Morgan fingerprint density at radius 1 is 1.30 bits per heavy atom. The molecule has 1 unspecified atom stereocenters. The second-order valence-corrected chi connectivity index (χ2v) is 7.17. The summed E-state index contributed by atoms with van der Waals surface area (Å²) >= 11 is 1.57. The van der Waals surface area contributed by atoms with Crippen LogP contribution in [0.2, 0.25) is 0 Å². The molecule has 2 heterocycles. The number of rotatable bonds is 5. The normalized spacial score (nSPS) is 12.9. The highest BCUT2D eigenvalue weighted by molar-refractivity contribution is 7.18. The van der Waals surface area contributed by atoms with Crippen LogP contribution in [0.15, 0.2) is 6.33 Å². The Morgan fingerprint density at radius 3 is 2.57 bits per heavy atom. The summed E-state index contributed by atoms with van der Waals surface area (Å²) in [6.07, 6.45) is 1.45. The average Bonchev–Trinajstić information content (AvgIpc) is 2.74. The van der Waals surface area contributed by atoms with E-state index < -0.39 is 23.5 Å². The molecule has 2 aromatic rings. The van der Waals surface area contributed by atoms with Crippen LogP contribution in [0.4, 0.5) is 5.82 Å². The van der Waals surface area contributed by atoms with Crippen LogP contribution in [0, 0.1) is 13.8 Å². The summed E-state index contributed by atoms with van der Waals surface area (Å²) in [5.74, 6) is -0.923. The summed E-state index contributed by atoms with van der Waals surface area (Å²) in [7, 11) is 0. The van der Waals surface area contributed by atoms with Crippen molar-refractivity contribution in [1.82, 2.24) is 15.3 Å². The lowest BCUT2D eigenvalue weighted by Crippen LogP contribution is -2.53. The Hall–Kier alpha value is -2.22. The zero-order valence-electron chi connectivity index (χ0n) is 13.7. The van der Waals surface area contributed by atoms with E-state index in [1.165, 1.54) is 20.2 Å². The van der Waals surface area contributed by atoms with E-state index in [1.54, 1.807) is 18.3 Å². The lowest BCUT2D eigenvalue weighted by Gasteiger charge is -2.24. The molecule has 0 fully saturated rings. The average molecular weight is 336 g/mol. The molecule has 0 saturated carbocycles. The van der Waals surface area contributed by atoms with Gasteiger partial charge in [-0.05, 0) is 40.2 Å². The molecule has 1 amide bonds. The fourth-order valence-electron chi connectivity index (χ4n) is 2.03. The number of nitrogens with zero attached hydrogens (tertiary/aromatic N) is 2. The lowest BCUT2D eigenvalue weighted by atomic mass is 10.1. The molecule has 0 aromatic carbocycles. The van der Waals surface area contributed by atoms with E-state index in [9.17, 15) is 9.59 Å². The van der Waals surface area contributed by atoms with Crippen molar-refractivity contribution < 1.29 is 14.7 Å². The second kappa shape index (κ2) is 6.11. The van der Waals surface area contributed by atoms with Gasteiger partial charge in [0.25, 0.3) is 0 Å². The summed E-state index contributed by atoms with van der Waals surface area (Å²) in [5.41, 5.74) is -0.255.